The van der Waals surface area contributed by atoms with Crippen LogP contribution < -0.4 is 10.4 Å². The van der Waals surface area contributed by atoms with E-state index in [0.717, 1.165) is 17.2 Å². The van der Waals surface area contributed by atoms with Crippen LogP contribution in [0.2, 0.25) is 18.1 Å². The van der Waals surface area contributed by atoms with Gasteiger partial charge in [0.15, 0.2) is 11.6 Å². The monoisotopic (exact) mass is 425 g/mol. The Labute approximate surface area is 142 Å². The maximum atomic E-state index is 4.41. The van der Waals surface area contributed by atoms with Gasteiger partial charge in [-0.3, -0.25) is 5.43 Å². The lowest BCUT2D eigenvalue weighted by atomic mass is 10.3. The van der Waals surface area contributed by atoms with Crippen molar-refractivity contribution in [2.75, 3.05) is 10.4 Å². The molecule has 0 fully saturated rings. The Bertz CT molecular complexity index is 678. The van der Waals surface area contributed by atoms with Gasteiger partial charge in [0, 0.05) is 49.2 Å². The fraction of sp³-hybridized carbons (Fsp3) is 0.400. The van der Waals surface area contributed by atoms with E-state index >= 15 is 0 Å². The Kier molecular flexibility index (Phi) is 4.61. The van der Waals surface area contributed by atoms with Gasteiger partial charge < -0.3 is 0 Å². The lowest BCUT2D eigenvalue weighted by Crippen LogP contribution is -2.32. The topological polar surface area (TPSA) is 44.3 Å². The lowest BCUT2D eigenvalue weighted by Gasteiger charge is -2.24. The molecule has 0 unspecified atom stereocenters. The summed E-state index contributed by atoms with van der Waals surface area (Å²) < 4.78 is 4.36. The van der Waals surface area contributed by atoms with Crippen molar-refractivity contribution >= 4 is 44.7 Å². The highest BCUT2D eigenvalue weighted by molar-refractivity contribution is 14.2. The molecule has 0 aliphatic carbocycles. The van der Waals surface area contributed by atoms with Gasteiger partial charge in [0.05, 0.1) is 0 Å². The van der Waals surface area contributed by atoms with Gasteiger partial charge in [-0.1, -0.05) is 30.0 Å². The van der Waals surface area contributed by atoms with Crippen molar-refractivity contribution in [3.05, 3.63) is 24.2 Å². The summed E-state index contributed by atoms with van der Waals surface area (Å²) in [6.45, 7) is 6.87. The Balaban J connectivity index is 1.88. The van der Waals surface area contributed by atoms with Crippen LogP contribution in [0.1, 0.15) is 20.8 Å². The van der Waals surface area contributed by atoms with E-state index in [2.05, 4.69) is 61.2 Å². The molecule has 0 aromatic carbocycles. The first-order valence-electron chi connectivity index (χ1n) is 7.60. The summed E-state index contributed by atoms with van der Waals surface area (Å²) in [5.74, 6) is 5.14. The van der Waals surface area contributed by atoms with Crippen LogP contribution in [0.4, 0.5) is 11.6 Å². The van der Waals surface area contributed by atoms with Crippen molar-refractivity contribution < 1.29 is 0 Å². The van der Waals surface area contributed by atoms with E-state index in [9.17, 15) is 0 Å². The number of nitrogens with zero attached hydrogens (tertiary/aromatic N) is 4. The van der Waals surface area contributed by atoms with Gasteiger partial charge in [0.25, 0.3) is 0 Å². The van der Waals surface area contributed by atoms with Crippen LogP contribution in [-0.2, 0) is 0 Å². The zero-order valence-electron chi connectivity index (χ0n) is 13.1. The van der Waals surface area contributed by atoms with Gasteiger partial charge in [-0.15, -0.1) is 5.54 Å². The van der Waals surface area contributed by atoms with Gasteiger partial charge in [0.1, 0.15) is 8.07 Å². The third-order valence-electron chi connectivity index (χ3n) is 4.31. The quantitative estimate of drug-likeness (QED) is 0.348. The third-order valence-corrected chi connectivity index (χ3v) is 11.2. The largest absolute Gasteiger partial charge is 0.273 e. The number of allylic oxidation sites excluding steroid dienone is 1. The Morgan fingerprint density at radius 1 is 1.18 bits per heavy atom. The minimum absolute atomic E-state index is 0.292. The molecule has 0 radical (unpaired) electrons. The summed E-state index contributed by atoms with van der Waals surface area (Å²) >= 11 is -0.292. The van der Waals surface area contributed by atoms with E-state index in [1.54, 1.807) is 12.4 Å². The molecule has 7 heteroatoms. The summed E-state index contributed by atoms with van der Waals surface area (Å²) in [6, 6.07) is 3.71. The average molecular weight is 425 g/mol. The first-order chi connectivity index (χ1) is 10.7. The van der Waals surface area contributed by atoms with E-state index in [-0.39, 0.29) is 21.0 Å². The predicted octanol–water partition coefficient (Wildman–Crippen LogP) is 3.48. The predicted molar refractivity (Wildman–Crippen MR) is 103 cm³/mol. The molecular weight excluding hydrogens is 405 g/mol. The van der Waals surface area contributed by atoms with Gasteiger partial charge in [0.2, 0.25) is 0 Å². The molecule has 3 rings (SSSR count). The first-order valence-corrected chi connectivity index (χ1v) is 12.4. The lowest BCUT2D eigenvalue weighted by molar-refractivity contribution is 0.635. The molecule has 22 heavy (non-hydrogen) atoms. The second-order valence-electron chi connectivity index (χ2n) is 5.33. The molecular formula is C15H20IN5Si. The van der Waals surface area contributed by atoms with Crippen molar-refractivity contribution in [1.82, 2.24) is 13.3 Å². The Morgan fingerprint density at radius 2 is 1.91 bits per heavy atom. The zero-order valence-corrected chi connectivity index (χ0v) is 16.3. The van der Waals surface area contributed by atoms with E-state index in [0.29, 0.717) is 0 Å². The molecule has 2 aliphatic rings. The van der Waals surface area contributed by atoms with E-state index in [1.807, 2.05) is 5.01 Å². The van der Waals surface area contributed by atoms with Crippen LogP contribution >= 0.6 is 21.0 Å². The normalized spacial score (nSPS) is 16.7. The Morgan fingerprint density at radius 3 is 2.64 bits per heavy atom. The molecule has 3 heterocycles. The smallest absolute Gasteiger partial charge is 0.194 e. The number of hydrogen-bond donors (Lipinski definition) is 1. The molecule has 0 atom stereocenters. The van der Waals surface area contributed by atoms with Crippen LogP contribution in [0.15, 0.2) is 24.2 Å². The minimum Gasteiger partial charge on any atom is -0.273 e. The number of hydrogen-bond acceptors (Lipinski definition) is 5. The van der Waals surface area contributed by atoms with Gasteiger partial charge in [-0.05, 0) is 18.1 Å². The summed E-state index contributed by atoms with van der Waals surface area (Å²) in [4.78, 5) is 8.74. The third kappa shape index (κ3) is 2.82. The fourth-order valence-electron chi connectivity index (χ4n) is 2.52. The minimum atomic E-state index is -1.39. The number of rotatable bonds is 3. The molecule has 2 aliphatic heterocycles. The molecule has 116 valence electrons. The standard InChI is InChI=1S/C15H20IN5Si/c1-4-22(5-2,6-3)10-7-13-11-16-21-19-14-15(20(21)12-13)18-9-8-17-14/h8-9,11-12H,4-6H2,1-3H3,(H,17,19). The molecule has 1 aromatic rings. The van der Waals surface area contributed by atoms with Crippen molar-refractivity contribution in [1.29, 1.82) is 0 Å². The summed E-state index contributed by atoms with van der Waals surface area (Å²) in [7, 11) is -1.39. The van der Waals surface area contributed by atoms with Crippen LogP contribution in [0, 0.1) is 11.5 Å². The van der Waals surface area contributed by atoms with Crippen molar-refractivity contribution in [2.24, 2.45) is 0 Å². The SMILES string of the molecule is CC[Si](C#CC1=CN2c3nccnc3NN2I=C1)(CC)CC. The molecule has 0 bridgehead atoms. The molecule has 0 amide bonds. The van der Waals surface area contributed by atoms with Gasteiger partial charge in [-0.25, -0.2) is 15.0 Å². The van der Waals surface area contributed by atoms with Crippen molar-refractivity contribution in [3.8, 4) is 11.5 Å². The highest BCUT2D eigenvalue weighted by Gasteiger charge is 2.29. The van der Waals surface area contributed by atoms with Gasteiger partial charge >= 0.3 is 0 Å². The molecule has 0 saturated carbocycles. The number of nitrogens with one attached hydrogen (secondary N) is 1. The fourth-order valence-corrected chi connectivity index (χ4v) is 6.81. The van der Waals surface area contributed by atoms with Crippen LogP contribution in [-0.4, -0.2) is 25.4 Å². The van der Waals surface area contributed by atoms with Crippen molar-refractivity contribution in [3.63, 3.8) is 0 Å². The second-order valence-corrected chi connectivity index (χ2v) is 12.4. The maximum Gasteiger partial charge on any atom is 0.194 e. The summed E-state index contributed by atoms with van der Waals surface area (Å²) in [5.41, 5.74) is 8.07. The van der Waals surface area contributed by atoms with E-state index < -0.39 is 8.07 Å². The van der Waals surface area contributed by atoms with Crippen LogP contribution in [0.3, 0.4) is 0 Å². The Hall–Kier alpha value is -1.24. The summed E-state index contributed by atoms with van der Waals surface area (Å²) in [5, 5.41) is 2.05. The first kappa shape index (κ1) is 15.6. The molecule has 1 N–H and O–H groups in total. The maximum absolute atomic E-state index is 4.41. The molecule has 0 spiro atoms. The number of halogens is 1. The van der Waals surface area contributed by atoms with Crippen LogP contribution in [0.5, 0.6) is 0 Å². The number of anilines is 2. The number of fused-ring (bicyclic) bond motifs is 3. The number of aromatic nitrogens is 2. The van der Waals surface area contributed by atoms with E-state index in [1.165, 1.54) is 18.1 Å². The zero-order chi connectivity index (χ0) is 15.6. The van der Waals surface area contributed by atoms with Crippen LogP contribution in [0.25, 0.3) is 0 Å². The van der Waals surface area contributed by atoms with E-state index in [4.69, 9.17) is 0 Å². The summed E-state index contributed by atoms with van der Waals surface area (Å²) in [6.07, 6.45) is 5.51. The highest BCUT2D eigenvalue weighted by atomic mass is 127. The highest BCUT2D eigenvalue weighted by Crippen LogP contribution is 2.35. The molecule has 5 nitrogen and oxygen atoms in total. The number of hydrazine groups is 2. The molecule has 1 aromatic heterocycles. The average Bonchev–Trinajstić information content (AvgIpc) is 2.95. The van der Waals surface area contributed by atoms with Gasteiger partial charge in [-0.2, -0.15) is 0 Å². The van der Waals surface area contributed by atoms with Crippen molar-refractivity contribution in [2.45, 2.75) is 38.9 Å². The molecule has 0 saturated heterocycles. The second kappa shape index (κ2) is 6.48.